The molecule has 1 aromatic carbocycles. The Morgan fingerprint density at radius 2 is 1.71 bits per heavy atom. The molecule has 0 bridgehead atoms. The van der Waals surface area contributed by atoms with Crippen LogP contribution in [0.2, 0.25) is 0 Å². The van der Waals surface area contributed by atoms with Gasteiger partial charge in [-0.15, -0.1) is 23.5 Å². The third-order valence-electron chi connectivity index (χ3n) is 3.53. The Morgan fingerprint density at radius 1 is 1.06 bits per heavy atom. The summed E-state index contributed by atoms with van der Waals surface area (Å²) in [5, 5.41) is 3.45. The van der Waals surface area contributed by atoms with Gasteiger partial charge in [-0.2, -0.15) is 0 Å². The number of hydrogen-bond acceptors (Lipinski definition) is 3. The summed E-state index contributed by atoms with van der Waals surface area (Å²) in [4.78, 5) is 2.92. The summed E-state index contributed by atoms with van der Waals surface area (Å²) in [5.74, 6) is 0.755. The SMILES string of the molecule is CSc1cc(C2CCNCC2)c(SC)cc1C. The van der Waals surface area contributed by atoms with Crippen molar-refractivity contribution in [3.05, 3.63) is 23.3 Å². The minimum atomic E-state index is 0.755. The fourth-order valence-corrected chi connectivity index (χ4v) is 3.91. The summed E-state index contributed by atoms with van der Waals surface area (Å²) in [6.45, 7) is 4.56. The van der Waals surface area contributed by atoms with Crippen molar-refractivity contribution in [3.8, 4) is 0 Å². The average molecular weight is 267 g/mol. The zero-order valence-electron chi connectivity index (χ0n) is 10.9. The van der Waals surface area contributed by atoms with Crippen LogP contribution in [-0.4, -0.2) is 25.6 Å². The van der Waals surface area contributed by atoms with Gasteiger partial charge in [0.05, 0.1) is 0 Å². The maximum atomic E-state index is 3.45. The van der Waals surface area contributed by atoms with Crippen LogP contribution in [0.4, 0.5) is 0 Å². The van der Waals surface area contributed by atoms with E-state index in [0.29, 0.717) is 0 Å². The highest BCUT2D eigenvalue weighted by Gasteiger charge is 2.19. The van der Waals surface area contributed by atoms with Crippen molar-refractivity contribution >= 4 is 23.5 Å². The Labute approximate surface area is 113 Å². The van der Waals surface area contributed by atoms with E-state index in [1.54, 1.807) is 5.56 Å². The van der Waals surface area contributed by atoms with Crippen molar-refractivity contribution in [2.75, 3.05) is 25.6 Å². The van der Waals surface area contributed by atoms with E-state index in [-0.39, 0.29) is 0 Å². The molecule has 0 saturated carbocycles. The molecule has 0 aliphatic carbocycles. The second-order valence-corrected chi connectivity index (χ2v) is 6.28. The average Bonchev–Trinajstić information content (AvgIpc) is 2.39. The second-order valence-electron chi connectivity index (χ2n) is 4.59. The topological polar surface area (TPSA) is 12.0 Å². The largest absolute Gasteiger partial charge is 0.317 e. The number of rotatable bonds is 3. The molecule has 1 nitrogen and oxygen atoms in total. The number of benzene rings is 1. The molecule has 0 amide bonds. The fraction of sp³-hybridized carbons (Fsp3) is 0.571. The Hall–Kier alpha value is -0.120. The molecule has 0 unspecified atom stereocenters. The van der Waals surface area contributed by atoms with Crippen LogP contribution in [0, 0.1) is 6.92 Å². The van der Waals surface area contributed by atoms with E-state index in [4.69, 9.17) is 0 Å². The van der Waals surface area contributed by atoms with Crippen LogP contribution in [-0.2, 0) is 0 Å². The first-order valence-electron chi connectivity index (χ1n) is 6.19. The van der Waals surface area contributed by atoms with Gasteiger partial charge >= 0.3 is 0 Å². The molecule has 1 fully saturated rings. The second kappa shape index (κ2) is 6.17. The highest BCUT2D eigenvalue weighted by atomic mass is 32.2. The van der Waals surface area contributed by atoms with Crippen molar-refractivity contribution in [3.63, 3.8) is 0 Å². The van der Waals surface area contributed by atoms with Gasteiger partial charge in [-0.25, -0.2) is 0 Å². The summed E-state index contributed by atoms with van der Waals surface area (Å²) >= 11 is 3.76. The highest BCUT2D eigenvalue weighted by Crippen LogP contribution is 2.36. The Kier molecular flexibility index (Phi) is 4.83. The van der Waals surface area contributed by atoms with E-state index < -0.39 is 0 Å². The molecule has 0 aromatic heterocycles. The van der Waals surface area contributed by atoms with E-state index in [1.165, 1.54) is 41.3 Å². The van der Waals surface area contributed by atoms with Crippen molar-refractivity contribution in [2.24, 2.45) is 0 Å². The molecular formula is C14H21NS2. The first kappa shape index (κ1) is 13.3. The lowest BCUT2D eigenvalue weighted by Crippen LogP contribution is -2.26. The summed E-state index contributed by atoms with van der Waals surface area (Å²) in [6, 6.07) is 4.80. The predicted octanol–water partition coefficient (Wildman–Crippen LogP) is 3.91. The maximum absolute atomic E-state index is 3.45. The van der Waals surface area contributed by atoms with Crippen molar-refractivity contribution in [2.45, 2.75) is 35.5 Å². The molecule has 1 saturated heterocycles. The van der Waals surface area contributed by atoms with Gasteiger partial charge in [0.2, 0.25) is 0 Å². The molecule has 1 aliphatic heterocycles. The van der Waals surface area contributed by atoms with Gasteiger partial charge in [-0.3, -0.25) is 0 Å². The molecular weight excluding hydrogens is 246 g/mol. The first-order chi connectivity index (χ1) is 8.26. The number of hydrogen-bond donors (Lipinski definition) is 1. The van der Waals surface area contributed by atoms with Crippen molar-refractivity contribution in [1.82, 2.24) is 5.32 Å². The van der Waals surface area contributed by atoms with Crippen molar-refractivity contribution < 1.29 is 0 Å². The minimum Gasteiger partial charge on any atom is -0.317 e. The lowest BCUT2D eigenvalue weighted by atomic mass is 9.90. The van der Waals surface area contributed by atoms with Gasteiger partial charge < -0.3 is 5.32 Å². The van der Waals surface area contributed by atoms with Crippen LogP contribution in [0.25, 0.3) is 0 Å². The predicted molar refractivity (Wildman–Crippen MR) is 79.6 cm³/mol. The van der Waals surface area contributed by atoms with Gasteiger partial charge in [0.1, 0.15) is 0 Å². The summed E-state index contributed by atoms with van der Waals surface area (Å²) < 4.78 is 0. The number of piperidine rings is 1. The highest BCUT2D eigenvalue weighted by molar-refractivity contribution is 7.99. The van der Waals surface area contributed by atoms with Crippen LogP contribution in [0.3, 0.4) is 0 Å². The molecule has 0 atom stereocenters. The van der Waals surface area contributed by atoms with Crippen LogP contribution in [0.15, 0.2) is 21.9 Å². The smallest absolute Gasteiger partial charge is 0.0107 e. The monoisotopic (exact) mass is 267 g/mol. The maximum Gasteiger partial charge on any atom is 0.0107 e. The molecule has 1 aromatic rings. The van der Waals surface area contributed by atoms with Crippen LogP contribution in [0.5, 0.6) is 0 Å². The summed E-state index contributed by atoms with van der Waals surface area (Å²) in [6.07, 6.45) is 6.93. The summed E-state index contributed by atoms with van der Waals surface area (Å²) in [5.41, 5.74) is 2.99. The zero-order valence-corrected chi connectivity index (χ0v) is 12.5. The molecule has 94 valence electrons. The Morgan fingerprint density at radius 3 is 2.29 bits per heavy atom. The number of aryl methyl sites for hydroxylation is 1. The summed E-state index contributed by atoms with van der Waals surface area (Å²) in [7, 11) is 0. The van der Waals surface area contributed by atoms with Gasteiger partial charge in [-0.1, -0.05) is 0 Å². The third kappa shape index (κ3) is 3.01. The van der Waals surface area contributed by atoms with Gasteiger partial charge in [0.25, 0.3) is 0 Å². The van der Waals surface area contributed by atoms with E-state index in [9.17, 15) is 0 Å². The van der Waals surface area contributed by atoms with E-state index in [2.05, 4.69) is 36.9 Å². The van der Waals surface area contributed by atoms with Crippen molar-refractivity contribution in [1.29, 1.82) is 0 Å². The molecule has 1 aliphatic rings. The van der Waals surface area contributed by atoms with Gasteiger partial charge in [0, 0.05) is 9.79 Å². The molecule has 2 rings (SSSR count). The van der Waals surface area contributed by atoms with Crippen LogP contribution < -0.4 is 5.32 Å². The molecule has 17 heavy (non-hydrogen) atoms. The Balaban J connectivity index is 2.35. The van der Waals surface area contributed by atoms with Gasteiger partial charge in [0.15, 0.2) is 0 Å². The quantitative estimate of drug-likeness (QED) is 0.834. The first-order valence-corrected chi connectivity index (χ1v) is 8.64. The third-order valence-corrected chi connectivity index (χ3v) is 5.20. The van der Waals surface area contributed by atoms with Crippen LogP contribution >= 0.6 is 23.5 Å². The molecule has 3 heteroatoms. The number of nitrogens with one attached hydrogen (secondary N) is 1. The molecule has 0 spiro atoms. The van der Waals surface area contributed by atoms with E-state index in [0.717, 1.165) is 5.92 Å². The molecule has 1 heterocycles. The molecule has 0 radical (unpaired) electrons. The standard InChI is InChI=1S/C14H21NS2/c1-10-8-14(17-3)12(9-13(10)16-2)11-4-6-15-7-5-11/h8-9,11,15H,4-7H2,1-3H3. The lowest BCUT2D eigenvalue weighted by Gasteiger charge is -2.25. The minimum absolute atomic E-state index is 0.755. The molecule has 1 N–H and O–H groups in total. The fourth-order valence-electron chi connectivity index (χ4n) is 2.53. The lowest BCUT2D eigenvalue weighted by molar-refractivity contribution is 0.455. The van der Waals surface area contributed by atoms with E-state index >= 15 is 0 Å². The normalized spacial score (nSPS) is 17.4. The number of thioether (sulfide) groups is 2. The van der Waals surface area contributed by atoms with Crippen LogP contribution in [0.1, 0.15) is 29.9 Å². The van der Waals surface area contributed by atoms with E-state index in [1.807, 2.05) is 23.5 Å². The van der Waals surface area contributed by atoms with Gasteiger partial charge in [-0.05, 0) is 74.5 Å². The Bertz CT molecular complexity index is 384. The zero-order chi connectivity index (χ0) is 12.3.